The van der Waals surface area contributed by atoms with Crippen molar-refractivity contribution in [2.45, 2.75) is 52.6 Å². The molecule has 0 radical (unpaired) electrons. The predicted octanol–water partition coefficient (Wildman–Crippen LogP) is 6.44. The molecule has 4 heteroatoms. The normalized spacial score (nSPS) is 18.9. The summed E-state index contributed by atoms with van der Waals surface area (Å²) in [6, 6.07) is 19.3. The van der Waals surface area contributed by atoms with Crippen molar-refractivity contribution in [3.05, 3.63) is 82.4 Å². The van der Waals surface area contributed by atoms with Crippen LogP contribution in [0.1, 0.15) is 47.6 Å². The monoisotopic (exact) mass is 470 g/mol. The number of piperazine rings is 1. The molecule has 35 heavy (non-hydrogen) atoms. The summed E-state index contributed by atoms with van der Waals surface area (Å²) in [6.45, 7) is 15.4. The molecule has 3 aromatic rings. The molecule has 1 atom stereocenters. The zero-order valence-corrected chi connectivity index (χ0v) is 22.0. The third kappa shape index (κ3) is 4.24. The van der Waals surface area contributed by atoms with E-state index in [4.69, 9.17) is 9.47 Å². The molecule has 0 bridgehead atoms. The van der Waals surface area contributed by atoms with Gasteiger partial charge in [-0.3, -0.25) is 0 Å². The van der Waals surface area contributed by atoms with Crippen LogP contribution in [0.5, 0.6) is 11.5 Å². The summed E-state index contributed by atoms with van der Waals surface area (Å²) < 4.78 is 12.0. The average Bonchev–Trinajstić information content (AvgIpc) is 3.14. The molecule has 4 nitrogen and oxygen atoms in total. The summed E-state index contributed by atoms with van der Waals surface area (Å²) in [6.07, 6.45) is 0.995. The number of anilines is 2. The van der Waals surface area contributed by atoms with Crippen LogP contribution in [0.25, 0.3) is 0 Å². The van der Waals surface area contributed by atoms with Crippen LogP contribution >= 0.6 is 0 Å². The minimum Gasteiger partial charge on any atom is -0.497 e. The van der Waals surface area contributed by atoms with Gasteiger partial charge >= 0.3 is 0 Å². The molecule has 1 unspecified atom stereocenters. The molecule has 0 N–H and O–H groups in total. The lowest BCUT2D eigenvalue weighted by Gasteiger charge is -2.39. The zero-order valence-electron chi connectivity index (χ0n) is 22.0. The maximum atomic E-state index is 6.67. The van der Waals surface area contributed by atoms with Crippen LogP contribution in [-0.2, 0) is 6.42 Å². The lowest BCUT2D eigenvalue weighted by atomic mass is 9.79. The van der Waals surface area contributed by atoms with Gasteiger partial charge < -0.3 is 19.3 Å². The Morgan fingerprint density at radius 3 is 2.09 bits per heavy atom. The number of hydrogen-bond donors (Lipinski definition) is 0. The van der Waals surface area contributed by atoms with Gasteiger partial charge in [0.15, 0.2) is 0 Å². The molecule has 0 saturated carbocycles. The maximum Gasteiger partial charge on any atom is 0.127 e. The van der Waals surface area contributed by atoms with Crippen LogP contribution < -0.4 is 19.3 Å². The Hall–Kier alpha value is -3.14. The second-order valence-electron chi connectivity index (χ2n) is 10.6. The highest BCUT2D eigenvalue weighted by atomic mass is 16.5. The fraction of sp³-hybridized carbons (Fsp3) is 0.419. The van der Waals surface area contributed by atoms with E-state index in [9.17, 15) is 0 Å². The van der Waals surface area contributed by atoms with Gasteiger partial charge in [-0.15, -0.1) is 0 Å². The van der Waals surface area contributed by atoms with E-state index in [0.29, 0.717) is 5.92 Å². The standard InChI is InChI=1S/C31H38N2O2/c1-21-22(2)30-28(27(31(4,5)35-30)20-24-10-8-7-9-11-24)23(3)29(21)33-18-16-32(17-19-33)25-12-14-26(34-6)15-13-25/h7-15,27H,16-20H2,1-6H3. The van der Waals surface area contributed by atoms with Gasteiger partial charge in [-0.1, -0.05) is 30.3 Å². The molecule has 184 valence electrons. The van der Waals surface area contributed by atoms with E-state index >= 15 is 0 Å². The third-order valence-corrected chi connectivity index (χ3v) is 8.13. The summed E-state index contributed by atoms with van der Waals surface area (Å²) in [4.78, 5) is 5.08. The van der Waals surface area contributed by atoms with Crippen LogP contribution in [0.3, 0.4) is 0 Å². The first kappa shape index (κ1) is 23.6. The van der Waals surface area contributed by atoms with Crippen molar-refractivity contribution in [2.24, 2.45) is 0 Å². The van der Waals surface area contributed by atoms with Gasteiger partial charge in [0.05, 0.1) is 7.11 Å². The summed E-state index contributed by atoms with van der Waals surface area (Å²) in [7, 11) is 1.72. The minimum atomic E-state index is -0.230. The fourth-order valence-corrected chi connectivity index (χ4v) is 6.02. The third-order valence-electron chi connectivity index (χ3n) is 8.13. The van der Waals surface area contributed by atoms with Gasteiger partial charge in [-0.25, -0.2) is 0 Å². The fourth-order valence-electron chi connectivity index (χ4n) is 6.02. The topological polar surface area (TPSA) is 24.9 Å². The molecule has 0 amide bonds. The maximum absolute atomic E-state index is 6.67. The van der Waals surface area contributed by atoms with Crippen molar-refractivity contribution in [3.63, 3.8) is 0 Å². The first-order valence-electron chi connectivity index (χ1n) is 12.8. The Labute approximate surface area is 210 Å². The average molecular weight is 471 g/mol. The van der Waals surface area contributed by atoms with E-state index in [1.165, 1.54) is 39.2 Å². The first-order valence-corrected chi connectivity index (χ1v) is 12.8. The van der Waals surface area contributed by atoms with Gasteiger partial charge in [0, 0.05) is 49.0 Å². The van der Waals surface area contributed by atoms with Crippen LogP contribution in [0, 0.1) is 20.8 Å². The van der Waals surface area contributed by atoms with Gasteiger partial charge in [-0.05, 0) is 87.6 Å². The molecular weight excluding hydrogens is 432 g/mol. The van der Waals surface area contributed by atoms with Crippen molar-refractivity contribution >= 4 is 11.4 Å². The van der Waals surface area contributed by atoms with Crippen LogP contribution in [-0.4, -0.2) is 38.9 Å². The quantitative estimate of drug-likeness (QED) is 0.428. The highest BCUT2D eigenvalue weighted by Crippen LogP contribution is 2.52. The highest BCUT2D eigenvalue weighted by Gasteiger charge is 2.44. The Morgan fingerprint density at radius 1 is 0.829 bits per heavy atom. The Bertz CT molecular complexity index is 1190. The molecular formula is C31H38N2O2. The summed E-state index contributed by atoms with van der Waals surface area (Å²) in [5.74, 6) is 2.35. The Morgan fingerprint density at radius 2 is 1.46 bits per heavy atom. The number of nitrogens with zero attached hydrogens (tertiary/aromatic N) is 2. The van der Waals surface area contributed by atoms with E-state index in [2.05, 4.69) is 99.0 Å². The number of benzene rings is 3. The van der Waals surface area contributed by atoms with E-state index in [1.807, 2.05) is 0 Å². The van der Waals surface area contributed by atoms with Crippen molar-refractivity contribution in [3.8, 4) is 11.5 Å². The molecule has 2 aliphatic heterocycles. The molecule has 2 aliphatic rings. The molecule has 3 aromatic carbocycles. The minimum absolute atomic E-state index is 0.230. The van der Waals surface area contributed by atoms with E-state index in [1.54, 1.807) is 7.11 Å². The summed E-state index contributed by atoms with van der Waals surface area (Å²) in [5.41, 5.74) is 9.27. The molecule has 0 spiro atoms. The molecule has 1 fully saturated rings. The number of hydrogen-bond acceptors (Lipinski definition) is 4. The van der Waals surface area contributed by atoms with Gasteiger partial charge in [0.25, 0.3) is 0 Å². The second kappa shape index (κ2) is 9.14. The first-order chi connectivity index (χ1) is 16.8. The van der Waals surface area contributed by atoms with Crippen molar-refractivity contribution in [1.29, 1.82) is 0 Å². The number of fused-ring (bicyclic) bond motifs is 1. The van der Waals surface area contributed by atoms with Crippen LogP contribution in [0.15, 0.2) is 54.6 Å². The van der Waals surface area contributed by atoms with Crippen molar-refractivity contribution in [2.75, 3.05) is 43.1 Å². The molecule has 2 heterocycles. The van der Waals surface area contributed by atoms with Gasteiger partial charge in [0.1, 0.15) is 17.1 Å². The summed E-state index contributed by atoms with van der Waals surface area (Å²) >= 11 is 0. The lowest BCUT2D eigenvalue weighted by molar-refractivity contribution is 0.109. The second-order valence-corrected chi connectivity index (χ2v) is 10.6. The Balaban J connectivity index is 1.44. The van der Waals surface area contributed by atoms with E-state index < -0.39 is 0 Å². The molecule has 5 rings (SSSR count). The number of rotatable bonds is 5. The van der Waals surface area contributed by atoms with Crippen LogP contribution in [0.4, 0.5) is 11.4 Å². The zero-order chi connectivity index (χ0) is 24.7. The number of methoxy groups -OCH3 is 1. The molecule has 1 saturated heterocycles. The van der Waals surface area contributed by atoms with Gasteiger partial charge in [0.2, 0.25) is 0 Å². The smallest absolute Gasteiger partial charge is 0.127 e. The Kier molecular flexibility index (Phi) is 6.16. The largest absolute Gasteiger partial charge is 0.497 e. The van der Waals surface area contributed by atoms with Crippen molar-refractivity contribution in [1.82, 2.24) is 0 Å². The molecule has 0 aromatic heterocycles. The van der Waals surface area contributed by atoms with E-state index in [-0.39, 0.29) is 5.60 Å². The van der Waals surface area contributed by atoms with Crippen molar-refractivity contribution < 1.29 is 9.47 Å². The lowest BCUT2D eigenvalue weighted by Crippen LogP contribution is -2.47. The van der Waals surface area contributed by atoms with Gasteiger partial charge in [-0.2, -0.15) is 0 Å². The highest BCUT2D eigenvalue weighted by molar-refractivity contribution is 5.71. The van der Waals surface area contributed by atoms with Crippen LogP contribution in [0.2, 0.25) is 0 Å². The summed E-state index contributed by atoms with van der Waals surface area (Å²) in [5, 5.41) is 0. The van der Waals surface area contributed by atoms with E-state index in [0.717, 1.165) is 44.1 Å². The predicted molar refractivity (Wildman–Crippen MR) is 146 cm³/mol. The number of ether oxygens (including phenoxy) is 2. The molecule has 0 aliphatic carbocycles. The SMILES string of the molecule is COc1ccc(N2CCN(c3c(C)c(C)c4c(c3C)C(Cc3ccccc3)C(C)(C)O4)CC2)cc1.